The Bertz CT molecular complexity index is 328. The van der Waals surface area contributed by atoms with Crippen LogP contribution in [0.4, 0.5) is 8.78 Å². The first-order valence-electron chi connectivity index (χ1n) is 4.56. The Kier molecular flexibility index (Phi) is 3.62. The molecule has 15 heavy (non-hydrogen) atoms. The number of hydrogen-bond donors (Lipinski definition) is 1. The normalized spacial score (nSPS) is 24.6. The van der Waals surface area contributed by atoms with E-state index in [1.807, 2.05) is 0 Å². The third-order valence-corrected chi connectivity index (χ3v) is 2.39. The van der Waals surface area contributed by atoms with Gasteiger partial charge in [-0.2, -0.15) is 0 Å². The standard InChI is InChI=1S/C8H12F2N4.ClH/c1-6-4-14(13-12-6)7-2-3-11-5-8(7,9)10;/h4,7,11H,2-3,5H2,1H3;1H. The topological polar surface area (TPSA) is 42.7 Å². The number of rotatable bonds is 1. The maximum absolute atomic E-state index is 13.4. The number of alkyl halides is 2. The average molecular weight is 239 g/mol. The number of aryl methyl sites for hydroxylation is 1. The number of nitrogens with zero attached hydrogens (tertiary/aromatic N) is 3. The fourth-order valence-electron chi connectivity index (χ4n) is 1.67. The molecule has 1 atom stereocenters. The van der Waals surface area contributed by atoms with Crippen LogP contribution in [0.2, 0.25) is 0 Å². The van der Waals surface area contributed by atoms with Crippen LogP contribution in [0.15, 0.2) is 6.20 Å². The van der Waals surface area contributed by atoms with Gasteiger partial charge >= 0.3 is 0 Å². The third-order valence-electron chi connectivity index (χ3n) is 2.39. The fraction of sp³-hybridized carbons (Fsp3) is 0.750. The Morgan fingerprint density at radius 2 is 2.33 bits per heavy atom. The van der Waals surface area contributed by atoms with E-state index in [-0.39, 0.29) is 19.0 Å². The Morgan fingerprint density at radius 3 is 2.87 bits per heavy atom. The first-order chi connectivity index (χ1) is 6.59. The number of piperidine rings is 1. The quantitative estimate of drug-likeness (QED) is 0.799. The third kappa shape index (κ3) is 2.43. The van der Waals surface area contributed by atoms with E-state index in [0.717, 1.165) is 0 Å². The van der Waals surface area contributed by atoms with Crippen molar-refractivity contribution in [2.45, 2.75) is 25.3 Å². The van der Waals surface area contributed by atoms with Crippen LogP contribution in [0.5, 0.6) is 0 Å². The van der Waals surface area contributed by atoms with Crippen molar-refractivity contribution >= 4 is 12.4 Å². The second-order valence-corrected chi connectivity index (χ2v) is 3.58. The van der Waals surface area contributed by atoms with E-state index in [2.05, 4.69) is 15.6 Å². The van der Waals surface area contributed by atoms with Gasteiger partial charge < -0.3 is 5.32 Å². The van der Waals surface area contributed by atoms with Gasteiger partial charge in [-0.1, -0.05) is 5.21 Å². The van der Waals surface area contributed by atoms with E-state index in [1.54, 1.807) is 13.1 Å². The summed E-state index contributed by atoms with van der Waals surface area (Å²) in [6.45, 7) is 2.05. The lowest BCUT2D eigenvalue weighted by atomic mass is 10.0. The maximum atomic E-state index is 13.4. The van der Waals surface area contributed by atoms with E-state index < -0.39 is 12.0 Å². The minimum absolute atomic E-state index is 0. The monoisotopic (exact) mass is 238 g/mol. The average Bonchev–Trinajstić information content (AvgIpc) is 2.51. The van der Waals surface area contributed by atoms with E-state index in [9.17, 15) is 8.78 Å². The van der Waals surface area contributed by atoms with E-state index in [1.165, 1.54) is 4.68 Å². The molecule has 1 N–H and O–H groups in total. The van der Waals surface area contributed by atoms with Gasteiger partial charge in [0, 0.05) is 6.20 Å². The van der Waals surface area contributed by atoms with Crippen LogP contribution in [-0.4, -0.2) is 34.0 Å². The van der Waals surface area contributed by atoms with Crippen LogP contribution in [-0.2, 0) is 0 Å². The van der Waals surface area contributed by atoms with Crippen molar-refractivity contribution in [2.24, 2.45) is 0 Å². The van der Waals surface area contributed by atoms with Crippen molar-refractivity contribution in [3.8, 4) is 0 Å². The van der Waals surface area contributed by atoms with Crippen molar-refractivity contribution in [1.82, 2.24) is 20.3 Å². The molecule has 0 saturated carbocycles. The zero-order chi connectivity index (χ0) is 10.2. The highest BCUT2D eigenvalue weighted by atomic mass is 35.5. The first kappa shape index (κ1) is 12.3. The highest BCUT2D eigenvalue weighted by Gasteiger charge is 2.43. The summed E-state index contributed by atoms with van der Waals surface area (Å²) in [4.78, 5) is 0. The molecule has 7 heteroatoms. The number of halogens is 3. The van der Waals surface area contributed by atoms with Gasteiger partial charge in [-0.25, -0.2) is 13.5 Å². The molecule has 1 fully saturated rings. The molecule has 0 amide bonds. The van der Waals surface area contributed by atoms with E-state index in [4.69, 9.17) is 0 Å². The highest BCUT2D eigenvalue weighted by Crippen LogP contribution is 2.32. The summed E-state index contributed by atoms with van der Waals surface area (Å²) < 4.78 is 28.1. The summed E-state index contributed by atoms with van der Waals surface area (Å²) in [5.74, 6) is -2.74. The maximum Gasteiger partial charge on any atom is 0.282 e. The second-order valence-electron chi connectivity index (χ2n) is 3.58. The lowest BCUT2D eigenvalue weighted by molar-refractivity contribution is -0.0702. The first-order valence-corrected chi connectivity index (χ1v) is 4.56. The van der Waals surface area contributed by atoms with Gasteiger partial charge in [0.2, 0.25) is 0 Å². The Balaban J connectivity index is 0.00000112. The molecule has 1 unspecified atom stereocenters. The predicted octanol–water partition coefficient (Wildman–Crippen LogP) is 1.18. The molecule has 1 aliphatic rings. The lowest BCUT2D eigenvalue weighted by Gasteiger charge is -2.31. The molecule has 1 aliphatic heterocycles. The van der Waals surface area contributed by atoms with Crippen LogP contribution < -0.4 is 5.32 Å². The smallest absolute Gasteiger partial charge is 0.282 e. The molecular formula is C8H13ClF2N4. The van der Waals surface area contributed by atoms with Crippen LogP contribution in [0.3, 0.4) is 0 Å². The molecule has 0 bridgehead atoms. The number of hydrogen-bond acceptors (Lipinski definition) is 3. The van der Waals surface area contributed by atoms with Gasteiger partial charge in [0.1, 0.15) is 6.04 Å². The number of aromatic nitrogens is 3. The van der Waals surface area contributed by atoms with E-state index in [0.29, 0.717) is 18.7 Å². The molecule has 1 aromatic heterocycles. The number of nitrogens with one attached hydrogen (secondary N) is 1. The summed E-state index contributed by atoms with van der Waals surface area (Å²) in [5, 5.41) is 10.1. The fourth-order valence-corrected chi connectivity index (χ4v) is 1.67. The Morgan fingerprint density at radius 1 is 1.60 bits per heavy atom. The largest absolute Gasteiger partial charge is 0.311 e. The van der Waals surface area contributed by atoms with Gasteiger partial charge in [-0.3, -0.25) is 0 Å². The van der Waals surface area contributed by atoms with Crippen molar-refractivity contribution in [1.29, 1.82) is 0 Å². The SMILES string of the molecule is Cc1cn(C2CCNCC2(F)F)nn1.Cl. The van der Waals surface area contributed by atoms with Crippen LogP contribution in [0.25, 0.3) is 0 Å². The molecule has 1 saturated heterocycles. The Labute approximate surface area is 92.4 Å². The van der Waals surface area contributed by atoms with Gasteiger partial charge in [-0.15, -0.1) is 17.5 Å². The van der Waals surface area contributed by atoms with E-state index >= 15 is 0 Å². The summed E-state index contributed by atoms with van der Waals surface area (Å²) in [6, 6.07) is -0.857. The zero-order valence-electron chi connectivity index (χ0n) is 8.28. The van der Waals surface area contributed by atoms with Crippen molar-refractivity contribution in [2.75, 3.05) is 13.1 Å². The van der Waals surface area contributed by atoms with Crippen LogP contribution in [0, 0.1) is 6.92 Å². The molecule has 1 aromatic rings. The van der Waals surface area contributed by atoms with Crippen molar-refractivity contribution in [3.05, 3.63) is 11.9 Å². The van der Waals surface area contributed by atoms with Gasteiger partial charge in [0.05, 0.1) is 12.2 Å². The Hall–Kier alpha value is -0.750. The zero-order valence-corrected chi connectivity index (χ0v) is 9.10. The molecular weight excluding hydrogens is 226 g/mol. The minimum atomic E-state index is -2.74. The summed E-state index contributed by atoms with van der Waals surface area (Å²) in [6.07, 6.45) is 1.94. The van der Waals surface area contributed by atoms with Crippen molar-refractivity contribution in [3.63, 3.8) is 0 Å². The molecule has 0 spiro atoms. The minimum Gasteiger partial charge on any atom is -0.311 e. The molecule has 0 aliphatic carbocycles. The van der Waals surface area contributed by atoms with Crippen LogP contribution >= 0.6 is 12.4 Å². The summed E-state index contributed by atoms with van der Waals surface area (Å²) in [7, 11) is 0. The molecule has 2 heterocycles. The van der Waals surface area contributed by atoms with Crippen LogP contribution in [0.1, 0.15) is 18.2 Å². The van der Waals surface area contributed by atoms with Gasteiger partial charge in [-0.05, 0) is 19.9 Å². The molecule has 86 valence electrons. The molecule has 2 rings (SSSR count). The van der Waals surface area contributed by atoms with Gasteiger partial charge in [0.25, 0.3) is 5.92 Å². The van der Waals surface area contributed by atoms with Gasteiger partial charge in [0.15, 0.2) is 0 Å². The molecule has 0 aromatic carbocycles. The summed E-state index contributed by atoms with van der Waals surface area (Å²) in [5.41, 5.74) is 0.666. The van der Waals surface area contributed by atoms with Crippen molar-refractivity contribution < 1.29 is 8.78 Å². The highest BCUT2D eigenvalue weighted by molar-refractivity contribution is 5.85. The summed E-state index contributed by atoms with van der Waals surface area (Å²) >= 11 is 0. The second kappa shape index (κ2) is 4.40. The molecule has 0 radical (unpaired) electrons. The molecule has 4 nitrogen and oxygen atoms in total. The predicted molar refractivity (Wildman–Crippen MR) is 53.5 cm³/mol. The lowest BCUT2D eigenvalue weighted by Crippen LogP contribution is -2.47.